The molecule has 0 fully saturated rings. The molecule has 0 aliphatic heterocycles. The van der Waals surface area contributed by atoms with E-state index < -0.39 is 15.8 Å². The fourth-order valence-electron chi connectivity index (χ4n) is 1.56. The van der Waals surface area contributed by atoms with E-state index in [2.05, 4.69) is 25.6 Å². The molecular weight excluding hydrogens is 349 g/mol. The second kappa shape index (κ2) is 5.86. The molecule has 106 valence electrons. The van der Waals surface area contributed by atoms with Crippen molar-refractivity contribution in [2.75, 3.05) is 5.73 Å². The van der Waals surface area contributed by atoms with Gasteiger partial charge in [0.25, 0.3) is 0 Å². The van der Waals surface area contributed by atoms with Gasteiger partial charge in [-0.15, -0.1) is 0 Å². The Labute approximate surface area is 124 Å². The Hall–Kier alpha value is -1.51. The van der Waals surface area contributed by atoms with Crippen molar-refractivity contribution in [2.45, 2.75) is 11.4 Å². The molecule has 2 rings (SSSR count). The zero-order chi connectivity index (χ0) is 14.8. The first kappa shape index (κ1) is 14.9. The van der Waals surface area contributed by atoms with Gasteiger partial charge in [0, 0.05) is 17.2 Å². The van der Waals surface area contributed by atoms with E-state index in [1.54, 1.807) is 0 Å². The van der Waals surface area contributed by atoms with Gasteiger partial charge in [-0.1, -0.05) is 15.9 Å². The molecule has 0 aliphatic rings. The third-order valence-electron chi connectivity index (χ3n) is 2.55. The Morgan fingerprint density at radius 3 is 2.80 bits per heavy atom. The summed E-state index contributed by atoms with van der Waals surface area (Å²) in [6.07, 6.45) is 1.40. The number of nitrogen functional groups attached to an aromatic ring is 1. The maximum Gasteiger partial charge on any atom is 0.244 e. The van der Waals surface area contributed by atoms with E-state index >= 15 is 0 Å². The third kappa shape index (κ3) is 3.33. The summed E-state index contributed by atoms with van der Waals surface area (Å²) >= 11 is 3.23. The Bertz CT molecular complexity index is 737. The molecule has 0 saturated heterocycles. The zero-order valence-corrected chi connectivity index (χ0v) is 12.6. The van der Waals surface area contributed by atoms with E-state index in [0.29, 0.717) is 10.0 Å². The van der Waals surface area contributed by atoms with E-state index in [-0.39, 0.29) is 17.3 Å². The monoisotopic (exact) mass is 359 g/mol. The van der Waals surface area contributed by atoms with Gasteiger partial charge in [-0.05, 0) is 35.9 Å². The molecule has 0 radical (unpaired) electrons. The van der Waals surface area contributed by atoms with Gasteiger partial charge >= 0.3 is 0 Å². The number of aromatic nitrogens is 1. The van der Waals surface area contributed by atoms with Crippen molar-refractivity contribution in [2.24, 2.45) is 0 Å². The first-order valence-electron chi connectivity index (χ1n) is 5.54. The molecule has 8 heteroatoms. The number of hydrogen-bond donors (Lipinski definition) is 2. The van der Waals surface area contributed by atoms with Crippen LogP contribution in [0.3, 0.4) is 0 Å². The second-order valence-electron chi connectivity index (χ2n) is 3.95. The van der Waals surface area contributed by atoms with Gasteiger partial charge in [0.05, 0.1) is 0 Å². The fraction of sp³-hybridized carbons (Fsp3) is 0.0833. The minimum Gasteiger partial charge on any atom is -0.383 e. The Balaban J connectivity index is 2.22. The van der Waals surface area contributed by atoms with Gasteiger partial charge < -0.3 is 5.73 Å². The number of sulfonamides is 1. The normalized spacial score (nSPS) is 11.5. The summed E-state index contributed by atoms with van der Waals surface area (Å²) in [6.45, 7) is -0.0605. The SMILES string of the molecule is Nc1ncccc1S(=O)(=O)NCc1cc(F)ccc1Br. The van der Waals surface area contributed by atoms with E-state index in [1.165, 1.54) is 36.5 Å². The Kier molecular flexibility index (Phi) is 4.36. The third-order valence-corrected chi connectivity index (χ3v) is 4.77. The fourth-order valence-corrected chi connectivity index (χ4v) is 3.03. The number of nitrogens with one attached hydrogen (secondary N) is 1. The van der Waals surface area contributed by atoms with Crippen LogP contribution in [0.2, 0.25) is 0 Å². The maximum atomic E-state index is 13.1. The van der Waals surface area contributed by atoms with Crippen molar-refractivity contribution in [1.29, 1.82) is 0 Å². The van der Waals surface area contributed by atoms with Crippen LogP contribution in [0.15, 0.2) is 45.9 Å². The first-order chi connectivity index (χ1) is 9.40. The molecule has 0 spiro atoms. The minimum atomic E-state index is -3.80. The highest BCUT2D eigenvalue weighted by Gasteiger charge is 2.18. The lowest BCUT2D eigenvalue weighted by Crippen LogP contribution is -2.24. The predicted molar refractivity (Wildman–Crippen MR) is 76.8 cm³/mol. The summed E-state index contributed by atoms with van der Waals surface area (Å²) in [5.41, 5.74) is 6.01. The van der Waals surface area contributed by atoms with Crippen LogP contribution in [0, 0.1) is 5.82 Å². The van der Waals surface area contributed by atoms with Gasteiger partial charge in [0.1, 0.15) is 16.5 Å². The molecule has 0 atom stereocenters. The molecule has 0 aliphatic carbocycles. The lowest BCUT2D eigenvalue weighted by atomic mass is 10.2. The molecule has 0 saturated carbocycles. The quantitative estimate of drug-likeness (QED) is 0.874. The van der Waals surface area contributed by atoms with E-state index in [1.807, 2.05) is 0 Å². The van der Waals surface area contributed by atoms with Crippen LogP contribution in [0.25, 0.3) is 0 Å². The molecule has 2 aromatic rings. The largest absolute Gasteiger partial charge is 0.383 e. The van der Waals surface area contributed by atoms with Crippen molar-refractivity contribution >= 4 is 31.8 Å². The Morgan fingerprint density at radius 1 is 1.35 bits per heavy atom. The molecule has 1 heterocycles. The van der Waals surface area contributed by atoms with Crippen molar-refractivity contribution in [3.63, 3.8) is 0 Å². The number of nitrogens with zero attached hydrogens (tertiary/aromatic N) is 1. The summed E-state index contributed by atoms with van der Waals surface area (Å²) in [5, 5.41) is 0. The number of anilines is 1. The summed E-state index contributed by atoms with van der Waals surface area (Å²) < 4.78 is 40.3. The van der Waals surface area contributed by atoms with E-state index in [4.69, 9.17) is 5.73 Å². The predicted octanol–water partition coefficient (Wildman–Crippen LogP) is 2.04. The molecule has 5 nitrogen and oxygen atoms in total. The van der Waals surface area contributed by atoms with Crippen LogP contribution >= 0.6 is 15.9 Å². The zero-order valence-electron chi connectivity index (χ0n) is 10.2. The van der Waals surface area contributed by atoms with Crippen molar-refractivity contribution in [1.82, 2.24) is 9.71 Å². The summed E-state index contributed by atoms with van der Waals surface area (Å²) in [4.78, 5) is 3.62. The second-order valence-corrected chi connectivity index (χ2v) is 6.54. The topological polar surface area (TPSA) is 85.1 Å². The van der Waals surface area contributed by atoms with Gasteiger partial charge in [-0.3, -0.25) is 0 Å². The van der Waals surface area contributed by atoms with Gasteiger partial charge in [0.2, 0.25) is 10.0 Å². The highest BCUT2D eigenvalue weighted by atomic mass is 79.9. The smallest absolute Gasteiger partial charge is 0.244 e. The number of pyridine rings is 1. The van der Waals surface area contributed by atoms with Crippen LogP contribution in [-0.2, 0) is 16.6 Å². The van der Waals surface area contributed by atoms with Crippen LogP contribution in [0.4, 0.5) is 10.2 Å². The van der Waals surface area contributed by atoms with Crippen molar-refractivity contribution in [3.05, 3.63) is 52.4 Å². The molecule has 3 N–H and O–H groups in total. The van der Waals surface area contributed by atoms with Gasteiger partial charge in [-0.2, -0.15) is 0 Å². The number of hydrogen-bond acceptors (Lipinski definition) is 4. The number of rotatable bonds is 4. The average molecular weight is 360 g/mol. The van der Waals surface area contributed by atoms with Crippen molar-refractivity contribution < 1.29 is 12.8 Å². The molecule has 0 unspecified atom stereocenters. The van der Waals surface area contributed by atoms with Crippen LogP contribution in [0.5, 0.6) is 0 Å². The summed E-state index contributed by atoms with van der Waals surface area (Å²) in [5.74, 6) is -0.526. The van der Waals surface area contributed by atoms with Crippen LogP contribution in [-0.4, -0.2) is 13.4 Å². The van der Waals surface area contributed by atoms with Crippen LogP contribution in [0.1, 0.15) is 5.56 Å². The Morgan fingerprint density at radius 2 is 2.10 bits per heavy atom. The maximum absolute atomic E-state index is 13.1. The first-order valence-corrected chi connectivity index (χ1v) is 7.82. The molecule has 1 aromatic heterocycles. The lowest BCUT2D eigenvalue weighted by molar-refractivity contribution is 0.580. The molecule has 1 aromatic carbocycles. The number of benzene rings is 1. The standard InChI is InChI=1S/C12H11BrFN3O2S/c13-10-4-3-9(14)6-8(10)7-17-20(18,19)11-2-1-5-16-12(11)15/h1-6,17H,7H2,(H2,15,16). The number of nitrogens with two attached hydrogens (primary N) is 1. The lowest BCUT2D eigenvalue weighted by Gasteiger charge is -2.09. The van der Waals surface area contributed by atoms with Crippen LogP contribution < -0.4 is 10.5 Å². The highest BCUT2D eigenvalue weighted by Crippen LogP contribution is 2.19. The number of halogens is 2. The molecule has 0 bridgehead atoms. The highest BCUT2D eigenvalue weighted by molar-refractivity contribution is 9.10. The summed E-state index contributed by atoms with van der Waals surface area (Å²) in [6, 6.07) is 6.87. The van der Waals surface area contributed by atoms with Gasteiger partial charge in [0.15, 0.2) is 0 Å². The van der Waals surface area contributed by atoms with Gasteiger partial charge in [-0.25, -0.2) is 22.5 Å². The van der Waals surface area contributed by atoms with E-state index in [0.717, 1.165) is 0 Å². The van der Waals surface area contributed by atoms with Crippen molar-refractivity contribution in [3.8, 4) is 0 Å². The molecular formula is C12H11BrFN3O2S. The average Bonchev–Trinajstić information content (AvgIpc) is 2.40. The van der Waals surface area contributed by atoms with E-state index in [9.17, 15) is 12.8 Å². The minimum absolute atomic E-state index is 0.0605. The molecule has 0 amide bonds. The molecule has 20 heavy (non-hydrogen) atoms. The summed E-state index contributed by atoms with van der Waals surface area (Å²) in [7, 11) is -3.80.